The molecule has 2 aromatic carbocycles. The van der Waals surface area contributed by atoms with Gasteiger partial charge in [0.15, 0.2) is 11.6 Å². The number of methoxy groups -OCH3 is 2. The van der Waals surface area contributed by atoms with Crippen LogP contribution in [0, 0.1) is 0 Å². The molecule has 0 aliphatic carbocycles. The summed E-state index contributed by atoms with van der Waals surface area (Å²) in [6.45, 7) is 0.0248. The molecule has 0 bridgehead atoms. The molecule has 4 rings (SSSR count). The zero-order valence-corrected chi connectivity index (χ0v) is 22.2. The van der Waals surface area contributed by atoms with Crippen molar-refractivity contribution in [2.75, 3.05) is 24.3 Å². The molecule has 38 heavy (non-hydrogen) atoms. The zero-order chi connectivity index (χ0) is 27.3. The Balaban J connectivity index is 1.38. The monoisotopic (exact) mass is 578 g/mol. The van der Waals surface area contributed by atoms with Crippen LogP contribution in [0.3, 0.4) is 0 Å². The molecule has 0 aliphatic rings. The summed E-state index contributed by atoms with van der Waals surface area (Å²) in [6.07, 6.45) is 0. The number of nitrogens with one attached hydrogen (secondary N) is 2. The van der Waals surface area contributed by atoms with Crippen molar-refractivity contribution in [3.8, 4) is 17.6 Å². The molecule has 0 saturated carbocycles. The van der Waals surface area contributed by atoms with Crippen molar-refractivity contribution in [1.29, 1.82) is 0 Å². The molecule has 0 spiro atoms. The number of carbonyl (C=O) groups excluding carboxylic acids is 1. The first-order valence-electron chi connectivity index (χ1n) is 10.8. The SMILES string of the molecule is COc1cc(NS(=O)(=O)c2ccc(NC(=O)c3ccc(COc4cccc(Cl)c4Cl)o3)cc2)nc(OC)n1. The molecule has 14 heteroatoms. The van der Waals surface area contributed by atoms with Gasteiger partial charge in [-0.05, 0) is 48.5 Å². The molecule has 0 unspecified atom stereocenters. The number of ether oxygens (including phenoxy) is 3. The van der Waals surface area contributed by atoms with Crippen LogP contribution in [0.4, 0.5) is 11.5 Å². The number of halogens is 2. The van der Waals surface area contributed by atoms with Crippen LogP contribution in [0.5, 0.6) is 17.6 Å². The zero-order valence-electron chi connectivity index (χ0n) is 19.9. The Morgan fingerprint density at radius 1 is 1.00 bits per heavy atom. The van der Waals surface area contributed by atoms with Gasteiger partial charge in [-0.2, -0.15) is 9.97 Å². The van der Waals surface area contributed by atoms with E-state index in [4.69, 9.17) is 41.8 Å². The van der Waals surface area contributed by atoms with E-state index in [1.807, 2.05) is 0 Å². The Labute approximate surface area is 227 Å². The maximum atomic E-state index is 12.8. The van der Waals surface area contributed by atoms with Gasteiger partial charge in [0.2, 0.25) is 5.88 Å². The van der Waals surface area contributed by atoms with E-state index >= 15 is 0 Å². The summed E-state index contributed by atoms with van der Waals surface area (Å²) in [5, 5.41) is 3.27. The molecule has 2 heterocycles. The molecule has 0 aliphatic heterocycles. The first-order chi connectivity index (χ1) is 18.2. The fraction of sp³-hybridized carbons (Fsp3) is 0.125. The Kier molecular flexibility index (Phi) is 8.25. The van der Waals surface area contributed by atoms with Gasteiger partial charge in [0, 0.05) is 11.8 Å². The minimum atomic E-state index is -4.01. The summed E-state index contributed by atoms with van der Waals surface area (Å²) in [7, 11) is -1.29. The predicted molar refractivity (Wildman–Crippen MR) is 140 cm³/mol. The highest BCUT2D eigenvalue weighted by Gasteiger charge is 2.18. The summed E-state index contributed by atoms with van der Waals surface area (Å²) in [5.41, 5.74) is 0.347. The van der Waals surface area contributed by atoms with Gasteiger partial charge in [-0.15, -0.1) is 0 Å². The second-order valence-electron chi connectivity index (χ2n) is 7.47. The highest BCUT2D eigenvalue weighted by atomic mass is 35.5. The number of amides is 1. The van der Waals surface area contributed by atoms with E-state index in [0.717, 1.165) is 0 Å². The molecule has 0 atom stereocenters. The van der Waals surface area contributed by atoms with Crippen LogP contribution < -0.4 is 24.2 Å². The number of sulfonamides is 1. The van der Waals surface area contributed by atoms with E-state index < -0.39 is 15.9 Å². The highest BCUT2D eigenvalue weighted by molar-refractivity contribution is 7.92. The quantitative estimate of drug-likeness (QED) is 0.265. The predicted octanol–water partition coefficient (Wildman–Crippen LogP) is 5.03. The molecule has 4 aromatic rings. The van der Waals surface area contributed by atoms with Gasteiger partial charge >= 0.3 is 6.01 Å². The van der Waals surface area contributed by atoms with Crippen molar-refractivity contribution in [2.24, 2.45) is 0 Å². The van der Waals surface area contributed by atoms with Gasteiger partial charge < -0.3 is 23.9 Å². The number of anilines is 2. The lowest BCUT2D eigenvalue weighted by atomic mass is 10.3. The van der Waals surface area contributed by atoms with Gasteiger partial charge in [-0.3, -0.25) is 9.52 Å². The van der Waals surface area contributed by atoms with E-state index in [1.165, 1.54) is 50.6 Å². The Morgan fingerprint density at radius 2 is 1.76 bits per heavy atom. The minimum Gasteiger partial charge on any atom is -0.484 e. The summed E-state index contributed by atoms with van der Waals surface area (Å²) in [6, 6.07) is 14.8. The second-order valence-corrected chi connectivity index (χ2v) is 9.94. The Hall–Kier alpha value is -4.00. The van der Waals surface area contributed by atoms with Crippen molar-refractivity contribution in [3.63, 3.8) is 0 Å². The Morgan fingerprint density at radius 3 is 2.47 bits per heavy atom. The van der Waals surface area contributed by atoms with Crippen LogP contribution in [0.25, 0.3) is 0 Å². The topological polar surface area (TPSA) is 142 Å². The lowest BCUT2D eigenvalue weighted by Crippen LogP contribution is -2.15. The van der Waals surface area contributed by atoms with Gasteiger partial charge in [-0.1, -0.05) is 29.3 Å². The van der Waals surface area contributed by atoms with Crippen molar-refractivity contribution in [1.82, 2.24) is 9.97 Å². The lowest BCUT2D eigenvalue weighted by molar-refractivity contribution is 0.0992. The number of hydrogen-bond acceptors (Lipinski definition) is 9. The van der Waals surface area contributed by atoms with Crippen molar-refractivity contribution < 1.29 is 31.8 Å². The van der Waals surface area contributed by atoms with Crippen LogP contribution >= 0.6 is 23.2 Å². The van der Waals surface area contributed by atoms with E-state index in [0.29, 0.717) is 22.2 Å². The number of benzene rings is 2. The summed E-state index contributed by atoms with van der Waals surface area (Å²) in [4.78, 5) is 20.4. The highest BCUT2D eigenvalue weighted by Crippen LogP contribution is 2.32. The molecular weight excluding hydrogens is 559 g/mol. The van der Waals surface area contributed by atoms with E-state index in [1.54, 1.807) is 24.3 Å². The number of hydrogen-bond donors (Lipinski definition) is 2. The fourth-order valence-electron chi connectivity index (χ4n) is 3.08. The molecule has 0 radical (unpaired) electrons. The number of furan rings is 1. The third-order valence-electron chi connectivity index (χ3n) is 4.91. The first-order valence-corrected chi connectivity index (χ1v) is 13.0. The molecule has 0 fully saturated rings. The van der Waals surface area contributed by atoms with Crippen LogP contribution in [0.1, 0.15) is 16.3 Å². The number of rotatable bonds is 10. The van der Waals surface area contributed by atoms with Crippen LogP contribution in [-0.2, 0) is 16.6 Å². The summed E-state index contributed by atoms with van der Waals surface area (Å²) in [5.74, 6) is 0.340. The van der Waals surface area contributed by atoms with Gasteiger partial charge in [-0.25, -0.2) is 8.42 Å². The molecule has 0 saturated heterocycles. The Bertz CT molecular complexity index is 1540. The van der Waals surface area contributed by atoms with Gasteiger partial charge in [0.25, 0.3) is 15.9 Å². The van der Waals surface area contributed by atoms with Crippen LogP contribution in [-0.4, -0.2) is 38.5 Å². The summed E-state index contributed by atoms with van der Waals surface area (Å²) >= 11 is 12.1. The standard InChI is InChI=1S/C24H20Cl2N4O7S/c1-34-21-12-20(28-24(29-21)35-2)30-38(32,33)16-9-6-14(7-10-16)27-23(31)19-11-8-15(37-19)13-36-18-5-3-4-17(25)22(18)26/h3-12H,13H2,1-2H3,(H,27,31)(H,28,29,30). The van der Waals surface area contributed by atoms with E-state index in [9.17, 15) is 13.2 Å². The lowest BCUT2D eigenvalue weighted by Gasteiger charge is -2.10. The van der Waals surface area contributed by atoms with E-state index in [-0.39, 0.29) is 40.0 Å². The summed E-state index contributed by atoms with van der Waals surface area (Å²) < 4.78 is 49.0. The maximum absolute atomic E-state index is 12.8. The third-order valence-corrected chi connectivity index (χ3v) is 7.08. The van der Waals surface area contributed by atoms with Crippen molar-refractivity contribution >= 4 is 50.6 Å². The maximum Gasteiger partial charge on any atom is 0.321 e. The molecule has 2 N–H and O–H groups in total. The van der Waals surface area contributed by atoms with Crippen LogP contribution in [0.2, 0.25) is 10.0 Å². The molecule has 198 valence electrons. The average Bonchev–Trinajstić information content (AvgIpc) is 3.38. The number of aromatic nitrogens is 2. The van der Waals surface area contributed by atoms with Crippen molar-refractivity contribution in [2.45, 2.75) is 11.5 Å². The van der Waals surface area contributed by atoms with E-state index in [2.05, 4.69) is 20.0 Å². The largest absolute Gasteiger partial charge is 0.484 e. The fourth-order valence-corrected chi connectivity index (χ4v) is 4.42. The number of nitrogens with zero attached hydrogens (tertiary/aromatic N) is 2. The average molecular weight is 579 g/mol. The number of carbonyl (C=O) groups is 1. The van der Waals surface area contributed by atoms with Gasteiger partial charge in [0.05, 0.1) is 24.1 Å². The minimum absolute atomic E-state index is 0.0248. The molecule has 11 nitrogen and oxygen atoms in total. The normalized spacial score (nSPS) is 11.1. The molecule has 1 amide bonds. The van der Waals surface area contributed by atoms with Crippen LogP contribution in [0.15, 0.2) is 70.0 Å². The third kappa shape index (κ3) is 6.46. The first kappa shape index (κ1) is 27.0. The van der Waals surface area contributed by atoms with Gasteiger partial charge in [0.1, 0.15) is 23.1 Å². The molecule has 2 aromatic heterocycles. The van der Waals surface area contributed by atoms with Crippen molar-refractivity contribution in [3.05, 3.63) is 82.2 Å². The second kappa shape index (κ2) is 11.6. The smallest absolute Gasteiger partial charge is 0.321 e. The molecular formula is C24H20Cl2N4O7S.